The topological polar surface area (TPSA) is 78.5 Å². The second-order valence-corrected chi connectivity index (χ2v) is 8.30. The number of ether oxygens (including phenoxy) is 1. The quantitative estimate of drug-likeness (QED) is 0.898. The summed E-state index contributed by atoms with van der Waals surface area (Å²) in [6.45, 7) is 7.13. The molecule has 3 heterocycles. The lowest BCUT2D eigenvalue weighted by molar-refractivity contribution is 0.122. The summed E-state index contributed by atoms with van der Waals surface area (Å²) in [5.41, 5.74) is 4.08. The maximum Gasteiger partial charge on any atom is 0.268 e. The van der Waals surface area contributed by atoms with E-state index in [4.69, 9.17) is 4.74 Å². The van der Waals surface area contributed by atoms with Gasteiger partial charge in [-0.25, -0.2) is 8.42 Å². The monoisotopic (exact) mass is 362 g/mol. The lowest BCUT2D eigenvalue weighted by Crippen LogP contribution is -2.36. The number of aromatic nitrogens is 2. The number of aryl methyl sites for hydroxylation is 2. The molecule has 2 aromatic rings. The molecule has 1 aromatic carbocycles. The van der Waals surface area contributed by atoms with Crippen LogP contribution < -0.4 is 9.21 Å². The van der Waals surface area contributed by atoms with Crippen LogP contribution in [-0.2, 0) is 21.2 Å². The van der Waals surface area contributed by atoms with Crippen molar-refractivity contribution in [1.82, 2.24) is 10.2 Å². The molecular weight excluding hydrogens is 340 g/mol. The summed E-state index contributed by atoms with van der Waals surface area (Å²) in [7, 11) is -3.60. The van der Waals surface area contributed by atoms with Crippen LogP contribution in [0.25, 0.3) is 0 Å². The van der Waals surface area contributed by atoms with E-state index in [0.717, 1.165) is 49.7 Å². The first-order valence-corrected chi connectivity index (χ1v) is 9.92. The van der Waals surface area contributed by atoms with Gasteiger partial charge >= 0.3 is 0 Å². The maximum atomic E-state index is 13.1. The minimum absolute atomic E-state index is 0.289. The lowest BCUT2D eigenvalue weighted by atomic mass is 10.1. The Morgan fingerprint density at radius 3 is 2.60 bits per heavy atom. The minimum Gasteiger partial charge on any atom is -0.378 e. The third kappa shape index (κ3) is 2.69. The number of hydrogen-bond acceptors (Lipinski definition) is 5. The van der Waals surface area contributed by atoms with E-state index in [9.17, 15) is 8.42 Å². The molecule has 134 valence electrons. The van der Waals surface area contributed by atoms with Crippen molar-refractivity contribution in [2.24, 2.45) is 0 Å². The number of hydrogen-bond donors (Lipinski definition) is 1. The first-order chi connectivity index (χ1) is 12.0. The van der Waals surface area contributed by atoms with Crippen molar-refractivity contribution in [2.45, 2.75) is 25.2 Å². The average molecular weight is 362 g/mol. The van der Waals surface area contributed by atoms with E-state index in [1.54, 1.807) is 13.8 Å². The molecule has 1 fully saturated rings. The van der Waals surface area contributed by atoms with Crippen molar-refractivity contribution in [3.8, 4) is 0 Å². The molecule has 0 unspecified atom stereocenters. The number of anilines is 2. The number of rotatable bonds is 3. The SMILES string of the molecule is Cc1n[nH]c(C)c1S(=O)(=O)N1CCc2cc(N3CCOCC3)ccc21. The fourth-order valence-corrected chi connectivity index (χ4v) is 5.50. The van der Waals surface area contributed by atoms with Gasteiger partial charge in [0, 0.05) is 25.3 Å². The third-order valence-corrected chi connectivity index (χ3v) is 6.98. The van der Waals surface area contributed by atoms with Gasteiger partial charge in [0.05, 0.1) is 30.3 Å². The number of nitrogens with zero attached hydrogens (tertiary/aromatic N) is 3. The maximum absolute atomic E-state index is 13.1. The predicted octanol–water partition coefficient (Wildman–Crippen LogP) is 1.61. The summed E-state index contributed by atoms with van der Waals surface area (Å²) >= 11 is 0. The summed E-state index contributed by atoms with van der Waals surface area (Å²) in [5.74, 6) is 0. The van der Waals surface area contributed by atoms with Crippen molar-refractivity contribution >= 4 is 21.4 Å². The van der Waals surface area contributed by atoms with Crippen LogP contribution in [0, 0.1) is 13.8 Å². The van der Waals surface area contributed by atoms with Crippen LogP contribution in [0.2, 0.25) is 0 Å². The fourth-order valence-electron chi connectivity index (χ4n) is 3.66. The zero-order valence-electron chi connectivity index (χ0n) is 14.4. The molecule has 2 aliphatic heterocycles. The van der Waals surface area contributed by atoms with Crippen molar-refractivity contribution in [3.63, 3.8) is 0 Å². The Kier molecular flexibility index (Phi) is 3.96. The number of morpholine rings is 1. The van der Waals surface area contributed by atoms with Gasteiger partial charge in [0.1, 0.15) is 4.90 Å². The third-order valence-electron chi connectivity index (χ3n) is 4.90. The highest BCUT2D eigenvalue weighted by Crippen LogP contribution is 2.36. The van der Waals surface area contributed by atoms with Crippen LogP contribution in [0.1, 0.15) is 17.0 Å². The van der Waals surface area contributed by atoms with E-state index in [1.165, 1.54) is 4.31 Å². The summed E-state index contributed by atoms with van der Waals surface area (Å²) in [5, 5.41) is 6.80. The highest BCUT2D eigenvalue weighted by Gasteiger charge is 2.34. The van der Waals surface area contributed by atoms with E-state index in [2.05, 4.69) is 21.2 Å². The summed E-state index contributed by atoms with van der Waals surface area (Å²) in [6, 6.07) is 6.05. The Labute approximate surface area is 147 Å². The van der Waals surface area contributed by atoms with Crippen LogP contribution in [0.5, 0.6) is 0 Å². The number of fused-ring (bicyclic) bond motifs is 1. The molecule has 8 heteroatoms. The molecule has 0 saturated carbocycles. The van der Waals surface area contributed by atoms with Gasteiger partial charge < -0.3 is 9.64 Å². The molecule has 0 amide bonds. The standard InChI is InChI=1S/C17H22N4O3S/c1-12-17(13(2)19-18-12)25(22,23)21-6-5-14-11-15(3-4-16(14)21)20-7-9-24-10-8-20/h3-4,11H,5-10H2,1-2H3,(H,18,19). The van der Waals surface area contributed by atoms with Crippen LogP contribution in [-0.4, -0.2) is 51.5 Å². The molecule has 0 atom stereocenters. The lowest BCUT2D eigenvalue weighted by Gasteiger charge is -2.29. The van der Waals surface area contributed by atoms with E-state index < -0.39 is 10.0 Å². The molecule has 7 nitrogen and oxygen atoms in total. The second kappa shape index (κ2) is 6.03. The number of sulfonamides is 1. The van der Waals surface area contributed by atoms with E-state index in [1.807, 2.05) is 12.1 Å². The fraction of sp³-hybridized carbons (Fsp3) is 0.471. The molecule has 2 aliphatic rings. The Morgan fingerprint density at radius 2 is 1.92 bits per heavy atom. The summed E-state index contributed by atoms with van der Waals surface area (Å²) in [6.07, 6.45) is 0.725. The van der Waals surface area contributed by atoms with Crippen LogP contribution in [0.15, 0.2) is 23.1 Å². The van der Waals surface area contributed by atoms with Gasteiger partial charge in [-0.1, -0.05) is 0 Å². The highest BCUT2D eigenvalue weighted by atomic mass is 32.2. The minimum atomic E-state index is -3.60. The van der Waals surface area contributed by atoms with Crippen molar-refractivity contribution in [1.29, 1.82) is 0 Å². The zero-order chi connectivity index (χ0) is 17.6. The predicted molar refractivity (Wildman–Crippen MR) is 95.8 cm³/mol. The number of aromatic amines is 1. The molecule has 0 radical (unpaired) electrons. The zero-order valence-corrected chi connectivity index (χ0v) is 15.3. The molecule has 4 rings (SSSR count). The first kappa shape index (κ1) is 16.4. The normalized spacial score (nSPS) is 17.8. The molecule has 1 saturated heterocycles. The second-order valence-electron chi connectivity index (χ2n) is 6.50. The van der Waals surface area contributed by atoms with Gasteiger partial charge in [0.2, 0.25) is 0 Å². The molecule has 0 aliphatic carbocycles. The van der Waals surface area contributed by atoms with Gasteiger partial charge in [-0.15, -0.1) is 0 Å². The summed E-state index contributed by atoms with van der Waals surface area (Å²) < 4.78 is 33.2. The van der Waals surface area contributed by atoms with Gasteiger partial charge in [-0.2, -0.15) is 5.10 Å². The Morgan fingerprint density at radius 1 is 1.16 bits per heavy atom. The van der Waals surface area contributed by atoms with E-state index >= 15 is 0 Å². The van der Waals surface area contributed by atoms with Gasteiger partial charge in [-0.3, -0.25) is 9.40 Å². The van der Waals surface area contributed by atoms with Crippen LogP contribution in [0.4, 0.5) is 11.4 Å². The summed E-state index contributed by atoms with van der Waals surface area (Å²) in [4.78, 5) is 2.57. The first-order valence-electron chi connectivity index (χ1n) is 8.48. The van der Waals surface area contributed by atoms with Crippen LogP contribution in [0.3, 0.4) is 0 Å². The number of benzene rings is 1. The van der Waals surface area contributed by atoms with Crippen molar-refractivity contribution in [2.75, 3.05) is 42.1 Å². The molecule has 1 aromatic heterocycles. The average Bonchev–Trinajstić information content (AvgIpc) is 3.19. The molecule has 0 bridgehead atoms. The van der Waals surface area contributed by atoms with Crippen LogP contribution >= 0.6 is 0 Å². The highest BCUT2D eigenvalue weighted by molar-refractivity contribution is 7.93. The largest absolute Gasteiger partial charge is 0.378 e. The number of nitrogens with one attached hydrogen (secondary N) is 1. The van der Waals surface area contributed by atoms with Crippen molar-refractivity contribution in [3.05, 3.63) is 35.2 Å². The van der Waals surface area contributed by atoms with E-state index in [0.29, 0.717) is 17.9 Å². The molecular formula is C17H22N4O3S. The Hall–Kier alpha value is -2.06. The van der Waals surface area contributed by atoms with Gasteiger partial charge in [0.15, 0.2) is 0 Å². The smallest absolute Gasteiger partial charge is 0.268 e. The van der Waals surface area contributed by atoms with Gasteiger partial charge in [0.25, 0.3) is 10.0 Å². The van der Waals surface area contributed by atoms with Crippen molar-refractivity contribution < 1.29 is 13.2 Å². The Bertz CT molecular complexity index is 881. The van der Waals surface area contributed by atoms with Gasteiger partial charge in [-0.05, 0) is 44.0 Å². The number of H-pyrrole nitrogens is 1. The molecule has 25 heavy (non-hydrogen) atoms. The molecule has 1 N–H and O–H groups in total. The molecule has 0 spiro atoms. The Balaban J connectivity index is 1.68. The van der Waals surface area contributed by atoms with E-state index in [-0.39, 0.29) is 4.90 Å².